The van der Waals surface area contributed by atoms with Crippen LogP contribution < -0.4 is 16.0 Å². The van der Waals surface area contributed by atoms with Crippen LogP contribution in [0.25, 0.3) is 0 Å². The first-order chi connectivity index (χ1) is 10.1. The average Bonchev–Trinajstić information content (AvgIpc) is 2.49. The standard InChI is InChI=1S/C16H23N3O2/c1-11-6-3-4-9-14(11)19-16(21)18-13-8-5-7-12(10-13)15(20)17-2/h5,7-8,10-11,14H,3-4,6,9H2,1-2H3,(H,17,20)(H2,18,19,21)/t11-,14+/m0/s1. The lowest BCUT2D eigenvalue weighted by Gasteiger charge is -2.29. The van der Waals surface area contributed by atoms with Crippen molar-refractivity contribution < 1.29 is 9.59 Å². The van der Waals surface area contributed by atoms with Crippen LogP contribution in [-0.2, 0) is 0 Å². The van der Waals surface area contributed by atoms with Gasteiger partial charge in [-0.2, -0.15) is 0 Å². The smallest absolute Gasteiger partial charge is 0.319 e. The van der Waals surface area contributed by atoms with Gasteiger partial charge in [0.15, 0.2) is 0 Å². The number of carbonyl (C=O) groups is 2. The van der Waals surface area contributed by atoms with E-state index >= 15 is 0 Å². The van der Waals surface area contributed by atoms with E-state index in [1.165, 1.54) is 12.8 Å². The Kier molecular flexibility index (Phi) is 5.20. The molecule has 5 heteroatoms. The van der Waals surface area contributed by atoms with Crippen molar-refractivity contribution in [1.29, 1.82) is 0 Å². The lowest BCUT2D eigenvalue weighted by atomic mass is 9.86. The lowest BCUT2D eigenvalue weighted by Crippen LogP contribution is -2.43. The van der Waals surface area contributed by atoms with Gasteiger partial charge >= 0.3 is 6.03 Å². The van der Waals surface area contributed by atoms with Crippen LogP contribution in [0.15, 0.2) is 24.3 Å². The highest BCUT2D eigenvalue weighted by atomic mass is 16.2. The van der Waals surface area contributed by atoms with Gasteiger partial charge in [-0.1, -0.05) is 25.8 Å². The van der Waals surface area contributed by atoms with Gasteiger partial charge in [0, 0.05) is 24.3 Å². The molecule has 1 fully saturated rings. The number of benzene rings is 1. The van der Waals surface area contributed by atoms with Crippen LogP contribution in [0.1, 0.15) is 43.0 Å². The molecule has 3 N–H and O–H groups in total. The zero-order valence-electron chi connectivity index (χ0n) is 12.6. The molecule has 2 atom stereocenters. The van der Waals surface area contributed by atoms with Crippen molar-refractivity contribution in [2.45, 2.75) is 38.6 Å². The molecule has 1 aromatic carbocycles. The lowest BCUT2D eigenvalue weighted by molar-refractivity contribution is 0.0963. The van der Waals surface area contributed by atoms with E-state index in [9.17, 15) is 9.59 Å². The van der Waals surface area contributed by atoms with Gasteiger partial charge in [-0.05, 0) is 37.0 Å². The monoisotopic (exact) mass is 289 g/mol. The number of nitrogens with one attached hydrogen (secondary N) is 3. The highest BCUT2D eigenvalue weighted by Gasteiger charge is 2.22. The van der Waals surface area contributed by atoms with Gasteiger partial charge in [0.05, 0.1) is 0 Å². The summed E-state index contributed by atoms with van der Waals surface area (Å²) in [5.74, 6) is 0.349. The van der Waals surface area contributed by atoms with Crippen LogP contribution >= 0.6 is 0 Å². The van der Waals surface area contributed by atoms with Crippen LogP contribution in [0.3, 0.4) is 0 Å². The third-order valence-corrected chi connectivity index (χ3v) is 4.04. The molecule has 1 saturated carbocycles. The van der Waals surface area contributed by atoms with E-state index in [0.717, 1.165) is 12.8 Å². The first-order valence-corrected chi connectivity index (χ1v) is 7.50. The molecule has 114 valence electrons. The molecule has 3 amide bonds. The number of hydrogen-bond donors (Lipinski definition) is 3. The second kappa shape index (κ2) is 7.11. The van der Waals surface area contributed by atoms with Crippen molar-refractivity contribution in [3.8, 4) is 0 Å². The van der Waals surface area contributed by atoms with Crippen LogP contribution in [0.5, 0.6) is 0 Å². The summed E-state index contributed by atoms with van der Waals surface area (Å²) < 4.78 is 0. The van der Waals surface area contributed by atoms with E-state index in [1.807, 2.05) is 0 Å². The molecule has 1 aromatic rings. The number of urea groups is 1. The predicted octanol–water partition coefficient (Wildman–Crippen LogP) is 2.75. The van der Waals surface area contributed by atoms with Gasteiger partial charge in [0.2, 0.25) is 0 Å². The third kappa shape index (κ3) is 4.21. The summed E-state index contributed by atoms with van der Waals surface area (Å²) in [5.41, 5.74) is 1.15. The minimum Gasteiger partial charge on any atom is -0.355 e. The molecule has 0 heterocycles. The van der Waals surface area contributed by atoms with E-state index < -0.39 is 0 Å². The van der Waals surface area contributed by atoms with Crippen LogP contribution in [-0.4, -0.2) is 25.0 Å². The highest BCUT2D eigenvalue weighted by molar-refractivity contribution is 5.96. The van der Waals surface area contributed by atoms with E-state index in [0.29, 0.717) is 17.2 Å². The number of rotatable bonds is 3. The van der Waals surface area contributed by atoms with E-state index in [-0.39, 0.29) is 18.0 Å². The Morgan fingerprint density at radius 3 is 2.67 bits per heavy atom. The fraction of sp³-hybridized carbons (Fsp3) is 0.500. The average molecular weight is 289 g/mol. The normalized spacial score (nSPS) is 21.4. The summed E-state index contributed by atoms with van der Waals surface area (Å²) in [6.07, 6.45) is 4.61. The van der Waals surface area contributed by atoms with Gasteiger partial charge in [-0.25, -0.2) is 4.79 Å². The van der Waals surface area contributed by atoms with E-state index in [4.69, 9.17) is 0 Å². The molecule has 0 aliphatic heterocycles. The van der Waals surface area contributed by atoms with Crippen molar-refractivity contribution in [2.24, 2.45) is 5.92 Å². The molecule has 21 heavy (non-hydrogen) atoms. The van der Waals surface area contributed by atoms with Crippen LogP contribution in [0.4, 0.5) is 10.5 Å². The quantitative estimate of drug-likeness (QED) is 0.800. The molecule has 0 radical (unpaired) electrons. The summed E-state index contributed by atoms with van der Waals surface area (Å²) in [6.45, 7) is 2.18. The Labute approximate surface area is 125 Å². The first kappa shape index (κ1) is 15.4. The Hall–Kier alpha value is -2.04. The minimum atomic E-state index is -0.206. The predicted molar refractivity (Wildman–Crippen MR) is 83.4 cm³/mol. The summed E-state index contributed by atoms with van der Waals surface area (Å²) >= 11 is 0. The van der Waals surface area contributed by atoms with E-state index in [2.05, 4.69) is 22.9 Å². The topological polar surface area (TPSA) is 70.2 Å². The van der Waals surface area contributed by atoms with Gasteiger partial charge in [0.25, 0.3) is 5.91 Å². The van der Waals surface area contributed by atoms with Crippen molar-refractivity contribution in [3.63, 3.8) is 0 Å². The zero-order chi connectivity index (χ0) is 15.2. The molecule has 0 aromatic heterocycles. The molecule has 1 aliphatic rings. The highest BCUT2D eigenvalue weighted by Crippen LogP contribution is 2.23. The SMILES string of the molecule is CNC(=O)c1cccc(NC(=O)N[C@@H]2CCCC[C@@H]2C)c1. The van der Waals surface area contributed by atoms with Crippen molar-refractivity contribution in [1.82, 2.24) is 10.6 Å². The summed E-state index contributed by atoms with van der Waals surface area (Å²) in [7, 11) is 1.58. The van der Waals surface area contributed by atoms with Crippen molar-refractivity contribution in [3.05, 3.63) is 29.8 Å². The maximum atomic E-state index is 12.1. The minimum absolute atomic E-state index is 0.167. The molecule has 0 saturated heterocycles. The largest absolute Gasteiger partial charge is 0.355 e. The Morgan fingerprint density at radius 1 is 1.19 bits per heavy atom. The fourth-order valence-corrected chi connectivity index (χ4v) is 2.75. The zero-order valence-corrected chi connectivity index (χ0v) is 12.6. The summed E-state index contributed by atoms with van der Waals surface area (Å²) in [6, 6.07) is 6.94. The Balaban J connectivity index is 1.94. The second-order valence-electron chi connectivity index (χ2n) is 5.63. The van der Waals surface area contributed by atoms with Gasteiger partial charge in [-0.3, -0.25) is 4.79 Å². The van der Waals surface area contributed by atoms with Crippen molar-refractivity contribution in [2.75, 3.05) is 12.4 Å². The van der Waals surface area contributed by atoms with Crippen LogP contribution in [0.2, 0.25) is 0 Å². The number of hydrogen-bond acceptors (Lipinski definition) is 2. The number of anilines is 1. The third-order valence-electron chi connectivity index (χ3n) is 4.04. The maximum absolute atomic E-state index is 12.1. The molecule has 2 rings (SSSR count). The number of carbonyl (C=O) groups excluding carboxylic acids is 2. The Bertz CT molecular complexity index is 516. The summed E-state index contributed by atoms with van der Waals surface area (Å²) in [5, 5.41) is 8.39. The second-order valence-corrected chi connectivity index (χ2v) is 5.63. The van der Waals surface area contributed by atoms with Crippen LogP contribution in [0, 0.1) is 5.92 Å². The number of amides is 3. The molecule has 1 aliphatic carbocycles. The maximum Gasteiger partial charge on any atom is 0.319 e. The van der Waals surface area contributed by atoms with Gasteiger partial charge in [0.1, 0.15) is 0 Å². The molecular weight excluding hydrogens is 266 g/mol. The molecular formula is C16H23N3O2. The van der Waals surface area contributed by atoms with Crippen molar-refractivity contribution >= 4 is 17.6 Å². The molecule has 0 spiro atoms. The molecule has 0 unspecified atom stereocenters. The van der Waals surface area contributed by atoms with Gasteiger partial charge < -0.3 is 16.0 Å². The van der Waals surface area contributed by atoms with E-state index in [1.54, 1.807) is 31.3 Å². The first-order valence-electron chi connectivity index (χ1n) is 7.50. The molecule has 5 nitrogen and oxygen atoms in total. The van der Waals surface area contributed by atoms with Gasteiger partial charge in [-0.15, -0.1) is 0 Å². The fourth-order valence-electron chi connectivity index (χ4n) is 2.75. The Morgan fingerprint density at radius 2 is 1.95 bits per heavy atom. The molecule has 0 bridgehead atoms. The summed E-state index contributed by atoms with van der Waals surface area (Å²) in [4.78, 5) is 23.6.